The predicted octanol–water partition coefficient (Wildman–Crippen LogP) is 4.99. The van der Waals surface area contributed by atoms with E-state index in [2.05, 4.69) is 15.9 Å². The van der Waals surface area contributed by atoms with Gasteiger partial charge < -0.3 is 9.47 Å². The number of benzene rings is 2. The molecule has 0 fully saturated rings. The largest absolute Gasteiger partial charge is 0.488 e. The minimum atomic E-state index is -0.367. The molecule has 0 aliphatic carbocycles. The molecule has 0 radical (unpaired) electrons. The van der Waals surface area contributed by atoms with E-state index in [1.54, 1.807) is 6.08 Å². The summed E-state index contributed by atoms with van der Waals surface area (Å²) in [4.78, 5) is 11.6. The highest BCUT2D eigenvalue weighted by Crippen LogP contribution is 2.25. The molecule has 120 valence electrons. The third-order valence-corrected chi connectivity index (χ3v) is 3.45. The van der Waals surface area contributed by atoms with Gasteiger partial charge in [0.15, 0.2) is 0 Å². The Morgan fingerprint density at radius 1 is 1.17 bits per heavy atom. The van der Waals surface area contributed by atoms with Crippen LogP contribution in [0.4, 0.5) is 0 Å². The first-order valence-corrected chi connectivity index (χ1v) is 8.19. The lowest BCUT2D eigenvalue weighted by molar-refractivity contribution is -0.141. The second-order valence-electron chi connectivity index (χ2n) is 5.28. The molecule has 0 saturated heterocycles. The van der Waals surface area contributed by atoms with E-state index in [0.29, 0.717) is 12.4 Å². The van der Waals surface area contributed by atoms with E-state index in [0.717, 1.165) is 15.6 Å². The Balaban J connectivity index is 2.10. The number of hydrogen-bond donors (Lipinski definition) is 0. The Hall–Kier alpha value is -2.07. The molecule has 0 aromatic heterocycles. The SMILES string of the molecule is CC(C)OC(=O)/C=C/c1cc(Br)ccc1OCc1ccccc1. The lowest BCUT2D eigenvalue weighted by Gasteiger charge is -2.10. The second kappa shape index (κ2) is 8.53. The van der Waals surface area contributed by atoms with Gasteiger partial charge in [-0.1, -0.05) is 46.3 Å². The summed E-state index contributed by atoms with van der Waals surface area (Å²) in [6, 6.07) is 15.6. The molecule has 0 spiro atoms. The van der Waals surface area contributed by atoms with Crippen molar-refractivity contribution in [3.63, 3.8) is 0 Å². The summed E-state index contributed by atoms with van der Waals surface area (Å²) in [6.45, 7) is 4.11. The smallest absolute Gasteiger partial charge is 0.331 e. The van der Waals surface area contributed by atoms with Crippen molar-refractivity contribution in [3.05, 3.63) is 70.2 Å². The van der Waals surface area contributed by atoms with E-state index in [9.17, 15) is 4.79 Å². The maximum absolute atomic E-state index is 11.6. The maximum atomic E-state index is 11.6. The standard InChI is InChI=1S/C19H19BrO3/c1-14(2)23-19(21)11-8-16-12-17(20)9-10-18(16)22-13-15-6-4-3-5-7-15/h3-12,14H,13H2,1-2H3/b11-8+. The van der Waals surface area contributed by atoms with Crippen molar-refractivity contribution in [3.8, 4) is 5.75 Å². The van der Waals surface area contributed by atoms with E-state index in [4.69, 9.17) is 9.47 Å². The second-order valence-corrected chi connectivity index (χ2v) is 6.19. The van der Waals surface area contributed by atoms with Crippen LogP contribution < -0.4 is 4.74 Å². The summed E-state index contributed by atoms with van der Waals surface area (Å²) in [7, 11) is 0. The normalized spacial score (nSPS) is 11.0. The highest BCUT2D eigenvalue weighted by molar-refractivity contribution is 9.10. The zero-order valence-electron chi connectivity index (χ0n) is 13.2. The van der Waals surface area contributed by atoms with Gasteiger partial charge in [0.05, 0.1) is 6.10 Å². The first-order valence-electron chi connectivity index (χ1n) is 7.39. The molecule has 2 rings (SSSR count). The van der Waals surface area contributed by atoms with Gasteiger partial charge in [0.1, 0.15) is 12.4 Å². The van der Waals surface area contributed by atoms with Crippen molar-refractivity contribution in [2.24, 2.45) is 0 Å². The molecule has 0 aliphatic heterocycles. The van der Waals surface area contributed by atoms with E-state index in [1.165, 1.54) is 6.08 Å². The van der Waals surface area contributed by atoms with Gasteiger partial charge in [0, 0.05) is 16.1 Å². The van der Waals surface area contributed by atoms with Crippen molar-refractivity contribution < 1.29 is 14.3 Å². The van der Waals surface area contributed by atoms with Crippen LogP contribution in [0.2, 0.25) is 0 Å². The van der Waals surface area contributed by atoms with Crippen LogP contribution in [-0.2, 0) is 16.1 Å². The maximum Gasteiger partial charge on any atom is 0.331 e. The number of ether oxygens (including phenoxy) is 2. The fraction of sp³-hybridized carbons (Fsp3) is 0.211. The Bertz CT molecular complexity index is 678. The molecule has 3 nitrogen and oxygen atoms in total. The van der Waals surface area contributed by atoms with E-state index >= 15 is 0 Å². The van der Waals surface area contributed by atoms with Gasteiger partial charge in [-0.2, -0.15) is 0 Å². The number of carbonyl (C=O) groups is 1. The molecule has 0 bridgehead atoms. The van der Waals surface area contributed by atoms with Gasteiger partial charge >= 0.3 is 5.97 Å². The third-order valence-electron chi connectivity index (χ3n) is 2.96. The number of esters is 1. The molecule has 2 aromatic rings. The number of rotatable bonds is 6. The lowest BCUT2D eigenvalue weighted by Crippen LogP contribution is -2.08. The summed E-state index contributed by atoms with van der Waals surface area (Å²) >= 11 is 3.43. The molecular formula is C19H19BrO3. The molecule has 23 heavy (non-hydrogen) atoms. The molecular weight excluding hydrogens is 356 g/mol. The average molecular weight is 375 g/mol. The molecule has 0 unspecified atom stereocenters. The van der Waals surface area contributed by atoms with Crippen LogP contribution in [0.1, 0.15) is 25.0 Å². The van der Waals surface area contributed by atoms with Crippen LogP contribution in [0.5, 0.6) is 5.75 Å². The molecule has 0 atom stereocenters. The van der Waals surface area contributed by atoms with Gasteiger partial charge in [-0.25, -0.2) is 4.79 Å². The predicted molar refractivity (Wildman–Crippen MR) is 95.2 cm³/mol. The fourth-order valence-electron chi connectivity index (χ4n) is 1.95. The van der Waals surface area contributed by atoms with Crippen molar-refractivity contribution in [2.45, 2.75) is 26.6 Å². The minimum Gasteiger partial charge on any atom is -0.488 e. The summed E-state index contributed by atoms with van der Waals surface area (Å²) < 4.78 is 11.9. The van der Waals surface area contributed by atoms with Gasteiger partial charge in [-0.15, -0.1) is 0 Å². The van der Waals surface area contributed by atoms with Crippen molar-refractivity contribution in [2.75, 3.05) is 0 Å². The molecule has 0 heterocycles. The zero-order valence-corrected chi connectivity index (χ0v) is 14.7. The first kappa shape index (κ1) is 17.3. The number of halogens is 1. The Labute approximate surface area is 145 Å². The summed E-state index contributed by atoms with van der Waals surface area (Å²) in [5.74, 6) is 0.347. The average Bonchev–Trinajstić information content (AvgIpc) is 2.52. The summed E-state index contributed by atoms with van der Waals surface area (Å²) in [5, 5.41) is 0. The third kappa shape index (κ3) is 5.91. The fourth-order valence-corrected chi connectivity index (χ4v) is 2.32. The van der Waals surface area contributed by atoms with Crippen LogP contribution in [0.3, 0.4) is 0 Å². The molecule has 2 aromatic carbocycles. The first-order chi connectivity index (χ1) is 11.0. The molecule has 4 heteroatoms. The number of carbonyl (C=O) groups excluding carboxylic acids is 1. The molecule has 0 aliphatic rings. The van der Waals surface area contributed by atoms with Crippen LogP contribution in [0.25, 0.3) is 6.08 Å². The van der Waals surface area contributed by atoms with E-state index in [-0.39, 0.29) is 12.1 Å². The summed E-state index contributed by atoms with van der Waals surface area (Å²) in [5.41, 5.74) is 1.90. The van der Waals surface area contributed by atoms with Crippen LogP contribution >= 0.6 is 15.9 Å². The topological polar surface area (TPSA) is 35.5 Å². The van der Waals surface area contributed by atoms with Crippen molar-refractivity contribution in [1.29, 1.82) is 0 Å². The Morgan fingerprint density at radius 2 is 1.91 bits per heavy atom. The van der Waals surface area contributed by atoms with Gasteiger partial charge in [0.25, 0.3) is 0 Å². The Morgan fingerprint density at radius 3 is 2.61 bits per heavy atom. The highest BCUT2D eigenvalue weighted by Gasteiger charge is 2.05. The highest BCUT2D eigenvalue weighted by atomic mass is 79.9. The molecule has 0 amide bonds. The molecule has 0 saturated carbocycles. The monoisotopic (exact) mass is 374 g/mol. The van der Waals surface area contributed by atoms with E-state index < -0.39 is 0 Å². The minimum absolute atomic E-state index is 0.136. The van der Waals surface area contributed by atoms with Crippen LogP contribution in [-0.4, -0.2) is 12.1 Å². The van der Waals surface area contributed by atoms with Gasteiger partial charge in [0.2, 0.25) is 0 Å². The van der Waals surface area contributed by atoms with Gasteiger partial charge in [-0.3, -0.25) is 0 Å². The zero-order chi connectivity index (χ0) is 16.7. The summed E-state index contributed by atoms with van der Waals surface area (Å²) in [6.07, 6.45) is 2.98. The van der Waals surface area contributed by atoms with E-state index in [1.807, 2.05) is 62.4 Å². The van der Waals surface area contributed by atoms with Crippen LogP contribution in [0.15, 0.2) is 59.1 Å². The lowest BCUT2D eigenvalue weighted by atomic mass is 10.2. The quantitative estimate of drug-likeness (QED) is 0.527. The molecule has 0 N–H and O–H groups in total. The van der Waals surface area contributed by atoms with Crippen molar-refractivity contribution >= 4 is 28.0 Å². The van der Waals surface area contributed by atoms with Crippen molar-refractivity contribution in [1.82, 2.24) is 0 Å². The van der Waals surface area contributed by atoms with Gasteiger partial charge in [-0.05, 0) is 43.7 Å². The van der Waals surface area contributed by atoms with Crippen LogP contribution in [0, 0.1) is 0 Å². The Kier molecular flexibility index (Phi) is 6.41. The number of hydrogen-bond acceptors (Lipinski definition) is 3.